The van der Waals surface area contributed by atoms with Gasteiger partial charge in [-0.05, 0) is 37.1 Å². The van der Waals surface area contributed by atoms with E-state index in [1.807, 2.05) is 37.3 Å². The van der Waals surface area contributed by atoms with Crippen molar-refractivity contribution in [1.82, 2.24) is 4.72 Å². The third-order valence-electron chi connectivity index (χ3n) is 3.69. The molecule has 0 heterocycles. The second-order valence-corrected chi connectivity index (χ2v) is 9.02. The van der Waals surface area contributed by atoms with Crippen LogP contribution in [0, 0.1) is 0 Å². The molecule has 1 atom stereocenters. The smallest absolute Gasteiger partial charge is 0.240 e. The highest BCUT2D eigenvalue weighted by Crippen LogP contribution is 2.16. The van der Waals surface area contributed by atoms with Crippen molar-refractivity contribution in [2.24, 2.45) is 5.14 Å². The van der Waals surface area contributed by atoms with E-state index in [4.69, 9.17) is 9.88 Å². The predicted octanol–water partition coefficient (Wildman–Crippen LogP) is 1.78. The zero-order valence-corrected chi connectivity index (χ0v) is 16.0. The van der Waals surface area contributed by atoms with Gasteiger partial charge < -0.3 is 4.74 Å². The molecule has 0 bridgehead atoms. The fourth-order valence-electron chi connectivity index (χ4n) is 2.26. The Bertz CT molecular complexity index is 929. The Hall–Kier alpha value is -1.78. The van der Waals surface area contributed by atoms with Gasteiger partial charge in [-0.25, -0.2) is 26.7 Å². The summed E-state index contributed by atoms with van der Waals surface area (Å²) in [5.41, 5.74) is 1.05. The summed E-state index contributed by atoms with van der Waals surface area (Å²) in [7, 11) is -7.78. The van der Waals surface area contributed by atoms with E-state index >= 15 is 0 Å². The third kappa shape index (κ3) is 5.89. The van der Waals surface area contributed by atoms with Crippen LogP contribution < -0.4 is 9.86 Å². The fraction of sp³-hybridized carbons (Fsp3) is 0.294. The van der Waals surface area contributed by atoms with Gasteiger partial charge in [0.05, 0.1) is 15.9 Å². The maximum atomic E-state index is 12.2. The van der Waals surface area contributed by atoms with E-state index in [-0.39, 0.29) is 22.4 Å². The highest BCUT2D eigenvalue weighted by molar-refractivity contribution is 7.90. The standard InChI is InChI=1S/C17H22N2O5S2/c1-14(15-7-3-2-4-8-15)24-12-6-11-19-26(22,23)17-10-5-9-16(13-17)25(18,20)21/h2-5,7-10,13-14,19H,6,11-12H2,1H3,(H2,18,20,21). The second kappa shape index (κ2) is 8.74. The molecule has 2 rings (SSSR count). The number of benzene rings is 2. The zero-order valence-electron chi connectivity index (χ0n) is 14.3. The van der Waals surface area contributed by atoms with Gasteiger partial charge >= 0.3 is 0 Å². The van der Waals surface area contributed by atoms with Crippen LogP contribution in [-0.4, -0.2) is 30.0 Å². The van der Waals surface area contributed by atoms with Crippen molar-refractivity contribution in [2.45, 2.75) is 29.2 Å². The SMILES string of the molecule is CC(OCCCNS(=O)(=O)c1cccc(S(N)(=O)=O)c1)c1ccccc1. The minimum atomic E-state index is -3.96. The summed E-state index contributed by atoms with van der Waals surface area (Å²) in [6.07, 6.45) is 0.393. The van der Waals surface area contributed by atoms with Gasteiger partial charge in [-0.15, -0.1) is 0 Å². The summed E-state index contributed by atoms with van der Waals surface area (Å²) in [6, 6.07) is 14.6. The number of nitrogens with one attached hydrogen (secondary N) is 1. The van der Waals surface area contributed by atoms with Gasteiger partial charge in [0.2, 0.25) is 20.0 Å². The summed E-state index contributed by atoms with van der Waals surface area (Å²) in [5.74, 6) is 0. The molecular weight excluding hydrogens is 376 g/mol. The van der Waals surface area contributed by atoms with Crippen LogP contribution in [0.15, 0.2) is 64.4 Å². The van der Waals surface area contributed by atoms with Gasteiger partial charge in [0.15, 0.2) is 0 Å². The van der Waals surface area contributed by atoms with E-state index in [1.165, 1.54) is 18.2 Å². The van der Waals surface area contributed by atoms with Crippen molar-refractivity contribution in [3.8, 4) is 0 Å². The largest absolute Gasteiger partial charge is 0.374 e. The lowest BCUT2D eigenvalue weighted by atomic mass is 10.1. The van der Waals surface area contributed by atoms with Crippen LogP contribution in [0.4, 0.5) is 0 Å². The maximum absolute atomic E-state index is 12.2. The monoisotopic (exact) mass is 398 g/mol. The average molecular weight is 399 g/mol. The molecule has 0 fully saturated rings. The van der Waals surface area contributed by atoms with Crippen molar-refractivity contribution in [3.63, 3.8) is 0 Å². The van der Waals surface area contributed by atoms with Crippen molar-refractivity contribution in [3.05, 3.63) is 60.2 Å². The molecule has 7 nitrogen and oxygen atoms in total. The molecule has 142 valence electrons. The lowest BCUT2D eigenvalue weighted by Gasteiger charge is -2.13. The summed E-state index contributed by atoms with van der Waals surface area (Å²) in [5, 5.41) is 5.03. The van der Waals surface area contributed by atoms with Crippen LogP contribution in [0.1, 0.15) is 25.0 Å². The molecular formula is C17H22N2O5S2. The van der Waals surface area contributed by atoms with Gasteiger partial charge in [0, 0.05) is 13.2 Å². The average Bonchev–Trinajstić information content (AvgIpc) is 2.61. The van der Waals surface area contributed by atoms with Gasteiger partial charge in [-0.1, -0.05) is 36.4 Å². The fourth-order valence-corrected chi connectivity index (χ4v) is 4.01. The Kier molecular flexibility index (Phi) is 6.90. The first kappa shape index (κ1) is 20.5. The van der Waals surface area contributed by atoms with Crippen LogP contribution >= 0.6 is 0 Å². The molecule has 0 aliphatic rings. The van der Waals surface area contributed by atoms with E-state index in [2.05, 4.69) is 4.72 Å². The molecule has 0 aliphatic carbocycles. The first-order valence-electron chi connectivity index (χ1n) is 7.99. The lowest BCUT2D eigenvalue weighted by molar-refractivity contribution is 0.0647. The molecule has 0 spiro atoms. The van der Waals surface area contributed by atoms with Crippen LogP contribution in [0.25, 0.3) is 0 Å². The number of ether oxygens (including phenoxy) is 1. The Morgan fingerprint density at radius 2 is 1.65 bits per heavy atom. The maximum Gasteiger partial charge on any atom is 0.240 e. The first-order chi connectivity index (χ1) is 12.2. The third-order valence-corrected chi connectivity index (χ3v) is 6.06. The summed E-state index contributed by atoms with van der Waals surface area (Å²) in [4.78, 5) is -0.400. The van der Waals surface area contributed by atoms with E-state index < -0.39 is 20.0 Å². The molecule has 0 saturated carbocycles. The number of hydrogen-bond acceptors (Lipinski definition) is 5. The first-order valence-corrected chi connectivity index (χ1v) is 11.0. The van der Waals surface area contributed by atoms with Crippen LogP contribution in [0.5, 0.6) is 0 Å². The van der Waals surface area contributed by atoms with Crippen LogP contribution in [0.2, 0.25) is 0 Å². The Morgan fingerprint density at radius 3 is 2.31 bits per heavy atom. The quantitative estimate of drug-likeness (QED) is 0.625. The topological polar surface area (TPSA) is 116 Å². The molecule has 1 unspecified atom stereocenters. The summed E-state index contributed by atoms with van der Waals surface area (Å²) < 4.78 is 55.3. The second-order valence-electron chi connectivity index (χ2n) is 5.69. The highest BCUT2D eigenvalue weighted by atomic mass is 32.2. The number of primary sulfonamides is 1. The van der Waals surface area contributed by atoms with Crippen molar-refractivity contribution in [2.75, 3.05) is 13.2 Å². The van der Waals surface area contributed by atoms with E-state index in [9.17, 15) is 16.8 Å². The van der Waals surface area contributed by atoms with Gasteiger partial charge in [0.1, 0.15) is 0 Å². The molecule has 0 amide bonds. The van der Waals surface area contributed by atoms with Gasteiger partial charge in [-0.2, -0.15) is 0 Å². The molecule has 2 aromatic rings. The molecule has 26 heavy (non-hydrogen) atoms. The van der Waals surface area contributed by atoms with E-state index in [1.54, 1.807) is 0 Å². The van der Waals surface area contributed by atoms with Crippen molar-refractivity contribution in [1.29, 1.82) is 0 Å². The van der Waals surface area contributed by atoms with Gasteiger partial charge in [0.25, 0.3) is 0 Å². The lowest BCUT2D eigenvalue weighted by Crippen LogP contribution is -2.26. The predicted molar refractivity (Wildman–Crippen MR) is 98.4 cm³/mol. The minimum Gasteiger partial charge on any atom is -0.374 e. The Balaban J connectivity index is 1.85. The van der Waals surface area contributed by atoms with Crippen LogP contribution in [0.3, 0.4) is 0 Å². The molecule has 0 aliphatic heterocycles. The summed E-state index contributed by atoms with van der Waals surface area (Å²) in [6.45, 7) is 2.48. The number of sulfonamides is 2. The Morgan fingerprint density at radius 1 is 1.00 bits per heavy atom. The minimum absolute atomic E-state index is 0.0840. The molecule has 3 N–H and O–H groups in total. The molecule has 0 radical (unpaired) electrons. The molecule has 2 aromatic carbocycles. The number of hydrogen-bond donors (Lipinski definition) is 2. The number of nitrogens with two attached hydrogens (primary N) is 1. The number of rotatable bonds is 9. The normalized spacial score (nSPS) is 13.5. The molecule has 0 aromatic heterocycles. The van der Waals surface area contributed by atoms with E-state index in [0.29, 0.717) is 13.0 Å². The molecule has 0 saturated heterocycles. The van der Waals surface area contributed by atoms with Crippen LogP contribution in [-0.2, 0) is 24.8 Å². The highest BCUT2D eigenvalue weighted by Gasteiger charge is 2.17. The zero-order chi connectivity index (χ0) is 19.2. The van der Waals surface area contributed by atoms with E-state index in [0.717, 1.165) is 11.6 Å². The Labute approximate surface area is 154 Å². The van der Waals surface area contributed by atoms with Gasteiger partial charge in [-0.3, -0.25) is 0 Å². The summed E-state index contributed by atoms with van der Waals surface area (Å²) >= 11 is 0. The van der Waals surface area contributed by atoms with Crippen molar-refractivity contribution >= 4 is 20.0 Å². The van der Waals surface area contributed by atoms with Crippen molar-refractivity contribution < 1.29 is 21.6 Å². The molecule has 9 heteroatoms.